The second-order valence-electron chi connectivity index (χ2n) is 4.16. The molecule has 0 radical (unpaired) electrons. The average molecular weight is 250 g/mol. The van der Waals surface area contributed by atoms with Crippen molar-refractivity contribution in [2.75, 3.05) is 25.9 Å². The van der Waals surface area contributed by atoms with E-state index in [4.69, 9.17) is 10.5 Å². The molecule has 0 aliphatic carbocycles. The predicted octanol–water partition coefficient (Wildman–Crippen LogP) is 2.54. The number of rotatable bonds is 6. The molecule has 0 aromatic heterocycles. The van der Waals surface area contributed by atoms with Crippen LogP contribution in [0, 0.1) is 0 Å². The minimum Gasteiger partial charge on any atom is -0.495 e. The number of nitrogen functional groups attached to an aromatic ring is 1. The third-order valence-corrected chi connectivity index (χ3v) is 2.97. The number of unbranched alkanes of at least 4 members (excludes halogenated alkanes) is 1. The Morgan fingerprint density at radius 1 is 1.39 bits per heavy atom. The molecule has 1 aromatic carbocycles. The molecule has 0 heterocycles. The maximum atomic E-state index is 12.4. The van der Waals surface area contributed by atoms with Gasteiger partial charge in [0.15, 0.2) is 0 Å². The van der Waals surface area contributed by atoms with Crippen molar-refractivity contribution in [2.24, 2.45) is 0 Å². The fourth-order valence-corrected chi connectivity index (χ4v) is 1.83. The van der Waals surface area contributed by atoms with E-state index < -0.39 is 0 Å². The minimum absolute atomic E-state index is 0.0256. The molecule has 100 valence electrons. The molecule has 1 aromatic rings. The summed E-state index contributed by atoms with van der Waals surface area (Å²) in [4.78, 5) is 14.2. The number of hydrogen-bond donors (Lipinski definition) is 1. The first-order valence-corrected chi connectivity index (χ1v) is 6.37. The Kier molecular flexibility index (Phi) is 5.49. The van der Waals surface area contributed by atoms with Gasteiger partial charge in [-0.2, -0.15) is 0 Å². The highest BCUT2D eigenvalue weighted by Gasteiger charge is 2.18. The van der Waals surface area contributed by atoms with E-state index in [1.54, 1.807) is 25.3 Å². The van der Waals surface area contributed by atoms with Gasteiger partial charge in [0, 0.05) is 13.1 Å². The first-order valence-electron chi connectivity index (χ1n) is 6.37. The first-order chi connectivity index (χ1) is 8.65. The van der Waals surface area contributed by atoms with Gasteiger partial charge in [-0.3, -0.25) is 4.79 Å². The van der Waals surface area contributed by atoms with Crippen molar-refractivity contribution >= 4 is 11.6 Å². The molecule has 0 atom stereocenters. The van der Waals surface area contributed by atoms with Crippen LogP contribution >= 0.6 is 0 Å². The van der Waals surface area contributed by atoms with Gasteiger partial charge in [-0.05, 0) is 25.5 Å². The van der Waals surface area contributed by atoms with E-state index in [-0.39, 0.29) is 5.91 Å². The summed E-state index contributed by atoms with van der Waals surface area (Å²) in [6.45, 7) is 5.54. The van der Waals surface area contributed by atoms with Crippen LogP contribution in [-0.2, 0) is 0 Å². The zero-order chi connectivity index (χ0) is 13.5. The molecule has 0 aliphatic heterocycles. The number of amides is 1. The van der Waals surface area contributed by atoms with E-state index in [1.807, 2.05) is 11.8 Å². The van der Waals surface area contributed by atoms with Gasteiger partial charge in [0.2, 0.25) is 0 Å². The third-order valence-electron chi connectivity index (χ3n) is 2.97. The number of nitrogens with zero attached hydrogens (tertiary/aromatic N) is 1. The molecule has 18 heavy (non-hydrogen) atoms. The van der Waals surface area contributed by atoms with Gasteiger partial charge in [0.05, 0.1) is 18.4 Å². The van der Waals surface area contributed by atoms with E-state index in [0.29, 0.717) is 23.5 Å². The number of ether oxygens (including phenoxy) is 1. The molecule has 1 amide bonds. The summed E-state index contributed by atoms with van der Waals surface area (Å²) in [7, 11) is 1.55. The van der Waals surface area contributed by atoms with Gasteiger partial charge < -0.3 is 15.4 Å². The molecule has 0 saturated heterocycles. The van der Waals surface area contributed by atoms with Crippen LogP contribution in [0.25, 0.3) is 0 Å². The zero-order valence-corrected chi connectivity index (χ0v) is 11.4. The topological polar surface area (TPSA) is 55.6 Å². The summed E-state index contributed by atoms with van der Waals surface area (Å²) in [5.41, 5.74) is 6.88. The van der Waals surface area contributed by atoms with Crippen molar-refractivity contribution < 1.29 is 9.53 Å². The van der Waals surface area contributed by atoms with E-state index in [1.165, 1.54) is 0 Å². The van der Waals surface area contributed by atoms with E-state index >= 15 is 0 Å². The van der Waals surface area contributed by atoms with Crippen molar-refractivity contribution in [1.82, 2.24) is 4.90 Å². The van der Waals surface area contributed by atoms with Gasteiger partial charge in [-0.1, -0.05) is 19.4 Å². The zero-order valence-electron chi connectivity index (χ0n) is 11.4. The summed E-state index contributed by atoms with van der Waals surface area (Å²) in [6, 6.07) is 5.29. The highest BCUT2D eigenvalue weighted by atomic mass is 16.5. The van der Waals surface area contributed by atoms with Crippen molar-refractivity contribution in [1.29, 1.82) is 0 Å². The van der Waals surface area contributed by atoms with Crippen LogP contribution in [0.5, 0.6) is 5.75 Å². The van der Waals surface area contributed by atoms with Crippen LogP contribution in [-0.4, -0.2) is 31.0 Å². The lowest BCUT2D eigenvalue weighted by Crippen LogP contribution is -2.32. The number of benzene rings is 1. The number of para-hydroxylation sites is 1. The fourth-order valence-electron chi connectivity index (χ4n) is 1.83. The molecule has 0 fully saturated rings. The Hall–Kier alpha value is -1.71. The van der Waals surface area contributed by atoms with Crippen LogP contribution in [0.2, 0.25) is 0 Å². The Morgan fingerprint density at radius 2 is 2.11 bits per heavy atom. The van der Waals surface area contributed by atoms with Crippen molar-refractivity contribution in [3.8, 4) is 5.75 Å². The average Bonchev–Trinajstić information content (AvgIpc) is 2.39. The second-order valence-corrected chi connectivity index (χ2v) is 4.16. The van der Waals surface area contributed by atoms with Gasteiger partial charge >= 0.3 is 0 Å². The molecular weight excluding hydrogens is 228 g/mol. The highest BCUT2D eigenvalue weighted by Crippen LogP contribution is 2.25. The lowest BCUT2D eigenvalue weighted by atomic mass is 10.1. The maximum absolute atomic E-state index is 12.4. The molecule has 4 nitrogen and oxygen atoms in total. The molecule has 0 aliphatic rings. The standard InChI is InChI=1S/C14H22N2O2/c1-4-6-10-16(5-2)14(17)11-8-7-9-12(18-3)13(11)15/h7-9H,4-6,10,15H2,1-3H3. The fraction of sp³-hybridized carbons (Fsp3) is 0.500. The number of carbonyl (C=O) groups excluding carboxylic acids is 1. The van der Waals surface area contributed by atoms with Crippen LogP contribution in [0.3, 0.4) is 0 Å². The molecule has 1 rings (SSSR count). The maximum Gasteiger partial charge on any atom is 0.256 e. The Morgan fingerprint density at radius 3 is 2.67 bits per heavy atom. The summed E-state index contributed by atoms with van der Waals surface area (Å²) in [6.07, 6.45) is 2.07. The number of carbonyl (C=O) groups is 1. The summed E-state index contributed by atoms with van der Waals surface area (Å²) in [5, 5.41) is 0. The van der Waals surface area contributed by atoms with E-state index in [9.17, 15) is 4.79 Å². The first kappa shape index (κ1) is 14.4. The lowest BCUT2D eigenvalue weighted by Gasteiger charge is -2.21. The second kappa shape index (κ2) is 6.89. The Labute approximate surface area is 109 Å². The number of methoxy groups -OCH3 is 1. The molecule has 4 heteroatoms. The van der Waals surface area contributed by atoms with Crippen molar-refractivity contribution in [3.05, 3.63) is 23.8 Å². The lowest BCUT2D eigenvalue weighted by molar-refractivity contribution is 0.0763. The van der Waals surface area contributed by atoms with Crippen LogP contribution < -0.4 is 10.5 Å². The Balaban J connectivity index is 2.94. The molecule has 2 N–H and O–H groups in total. The monoisotopic (exact) mass is 250 g/mol. The van der Waals surface area contributed by atoms with Gasteiger partial charge in [0.1, 0.15) is 5.75 Å². The van der Waals surface area contributed by atoms with Crippen molar-refractivity contribution in [2.45, 2.75) is 26.7 Å². The summed E-state index contributed by atoms with van der Waals surface area (Å²) < 4.78 is 5.13. The van der Waals surface area contributed by atoms with Crippen LogP contribution in [0.1, 0.15) is 37.0 Å². The molecule has 0 spiro atoms. The highest BCUT2D eigenvalue weighted by molar-refractivity contribution is 6.00. The Bertz CT molecular complexity index is 405. The van der Waals surface area contributed by atoms with Gasteiger partial charge in [0.25, 0.3) is 5.91 Å². The molecular formula is C14H22N2O2. The molecule has 0 unspecified atom stereocenters. The van der Waals surface area contributed by atoms with E-state index in [0.717, 1.165) is 19.4 Å². The SMILES string of the molecule is CCCCN(CC)C(=O)c1cccc(OC)c1N. The van der Waals surface area contributed by atoms with E-state index in [2.05, 4.69) is 6.92 Å². The molecule has 0 saturated carbocycles. The minimum atomic E-state index is -0.0256. The summed E-state index contributed by atoms with van der Waals surface area (Å²) in [5.74, 6) is 0.523. The number of anilines is 1. The van der Waals surface area contributed by atoms with Gasteiger partial charge in [-0.15, -0.1) is 0 Å². The predicted molar refractivity (Wildman–Crippen MR) is 73.9 cm³/mol. The number of nitrogens with two attached hydrogens (primary N) is 1. The number of hydrogen-bond acceptors (Lipinski definition) is 3. The summed E-state index contributed by atoms with van der Waals surface area (Å²) >= 11 is 0. The van der Waals surface area contributed by atoms with Crippen LogP contribution in [0.4, 0.5) is 5.69 Å². The largest absolute Gasteiger partial charge is 0.495 e. The smallest absolute Gasteiger partial charge is 0.256 e. The third kappa shape index (κ3) is 3.15. The van der Waals surface area contributed by atoms with Crippen LogP contribution in [0.15, 0.2) is 18.2 Å². The van der Waals surface area contributed by atoms with Gasteiger partial charge in [-0.25, -0.2) is 0 Å². The molecule has 0 bridgehead atoms. The van der Waals surface area contributed by atoms with Crippen molar-refractivity contribution in [3.63, 3.8) is 0 Å². The normalized spacial score (nSPS) is 10.2. The quantitative estimate of drug-likeness (QED) is 0.789.